The molecule has 1 fully saturated rings. The number of methoxy groups -OCH3 is 1. The number of aliphatic imine (C=N–C) groups is 1. The summed E-state index contributed by atoms with van der Waals surface area (Å²) in [5.41, 5.74) is 0.912. The Morgan fingerprint density at radius 2 is 2.20 bits per heavy atom. The summed E-state index contributed by atoms with van der Waals surface area (Å²) in [6.07, 6.45) is 0.988. The Kier molecular flexibility index (Phi) is 7.34. The molecule has 2 aromatic rings. The molecular weight excluding hydrogens is 485 g/mol. The van der Waals surface area contributed by atoms with Gasteiger partial charge in [-0.05, 0) is 12.1 Å². The summed E-state index contributed by atoms with van der Waals surface area (Å²) in [6.45, 7) is 0.785. The first-order valence-electron chi connectivity index (χ1n) is 10.6. The zero-order chi connectivity index (χ0) is 25.1. The number of amidine groups is 1. The number of nitrogens with one attached hydrogen (secondary N) is 1. The predicted octanol–water partition coefficient (Wildman–Crippen LogP) is 2.08. The van der Waals surface area contributed by atoms with E-state index in [9.17, 15) is 14.0 Å². The van der Waals surface area contributed by atoms with Gasteiger partial charge in [0.1, 0.15) is 11.9 Å². The number of ether oxygens (including phenoxy) is 3. The molecule has 186 valence electrons. The minimum Gasteiger partial charge on any atom is -0.466 e. The standard InChI is InChI=1S/C22H23ClFN5O6/c1-28-6-5-25-20(28)19-26-15(10-29-7-8-34-11-16(29)35-22(31)32)17(21(30)33-2)18(27-19)13-4-3-12(24)9-14(13)23/h3-6,9,16,18H,7-8,10-11H2,1-2H3,(H,26,27)(H,31,32)/t16-,18?/m0/s1. The number of benzene rings is 1. The van der Waals surface area contributed by atoms with Crippen LogP contribution in [0, 0.1) is 5.82 Å². The Hall–Kier alpha value is -3.48. The first-order valence-corrected chi connectivity index (χ1v) is 11.0. The molecule has 11 nitrogen and oxygen atoms in total. The van der Waals surface area contributed by atoms with Crippen LogP contribution >= 0.6 is 11.6 Å². The van der Waals surface area contributed by atoms with Crippen molar-refractivity contribution in [1.29, 1.82) is 0 Å². The Morgan fingerprint density at radius 1 is 1.40 bits per heavy atom. The van der Waals surface area contributed by atoms with Gasteiger partial charge in [0.2, 0.25) is 0 Å². The predicted molar refractivity (Wildman–Crippen MR) is 121 cm³/mol. The summed E-state index contributed by atoms with van der Waals surface area (Å²) in [5.74, 6) is -0.388. The van der Waals surface area contributed by atoms with Crippen LogP contribution in [0.2, 0.25) is 5.02 Å². The molecule has 0 saturated carbocycles. The fourth-order valence-electron chi connectivity index (χ4n) is 3.95. The number of hydrogen-bond donors (Lipinski definition) is 2. The van der Waals surface area contributed by atoms with Crippen molar-refractivity contribution in [2.45, 2.75) is 12.3 Å². The number of aryl methyl sites for hydroxylation is 1. The number of hydrogen-bond acceptors (Lipinski definition) is 9. The van der Waals surface area contributed by atoms with E-state index in [1.54, 1.807) is 28.9 Å². The van der Waals surface area contributed by atoms with E-state index in [0.29, 0.717) is 36.1 Å². The Labute approximate surface area is 204 Å². The topological polar surface area (TPSA) is 128 Å². The van der Waals surface area contributed by atoms with Crippen LogP contribution in [-0.4, -0.2) is 77.2 Å². The zero-order valence-electron chi connectivity index (χ0n) is 18.9. The van der Waals surface area contributed by atoms with Gasteiger partial charge in [0, 0.05) is 48.8 Å². The molecule has 3 heterocycles. The van der Waals surface area contributed by atoms with Crippen LogP contribution in [0.4, 0.5) is 9.18 Å². The highest BCUT2D eigenvalue weighted by Crippen LogP contribution is 2.36. The number of carbonyl (C=O) groups is 2. The smallest absolute Gasteiger partial charge is 0.466 e. The third-order valence-corrected chi connectivity index (χ3v) is 5.94. The number of esters is 1. The molecule has 1 aromatic carbocycles. The van der Waals surface area contributed by atoms with Crippen LogP contribution in [-0.2, 0) is 26.1 Å². The van der Waals surface area contributed by atoms with E-state index in [2.05, 4.69) is 10.3 Å². The van der Waals surface area contributed by atoms with Gasteiger partial charge in [0.25, 0.3) is 0 Å². The van der Waals surface area contributed by atoms with Crippen LogP contribution in [0.3, 0.4) is 0 Å². The number of halogens is 2. The normalized spacial score (nSPS) is 20.7. The van der Waals surface area contributed by atoms with Gasteiger partial charge in [-0.25, -0.2) is 19.0 Å². The molecule has 2 aliphatic rings. The number of aromatic nitrogens is 2. The van der Waals surface area contributed by atoms with Crippen molar-refractivity contribution in [3.05, 3.63) is 64.1 Å². The molecule has 0 radical (unpaired) electrons. The van der Waals surface area contributed by atoms with Gasteiger partial charge in [0.15, 0.2) is 17.9 Å². The summed E-state index contributed by atoms with van der Waals surface area (Å²) < 4.78 is 30.9. The number of imidazole rings is 1. The lowest BCUT2D eigenvalue weighted by atomic mass is 9.95. The number of rotatable bonds is 6. The molecule has 0 spiro atoms. The summed E-state index contributed by atoms with van der Waals surface area (Å²) >= 11 is 6.36. The van der Waals surface area contributed by atoms with Crippen LogP contribution in [0.1, 0.15) is 17.4 Å². The monoisotopic (exact) mass is 507 g/mol. The molecule has 35 heavy (non-hydrogen) atoms. The van der Waals surface area contributed by atoms with Gasteiger partial charge in [-0.15, -0.1) is 0 Å². The highest BCUT2D eigenvalue weighted by Gasteiger charge is 2.36. The first kappa shape index (κ1) is 24.6. The van der Waals surface area contributed by atoms with Crippen molar-refractivity contribution in [3.8, 4) is 0 Å². The highest BCUT2D eigenvalue weighted by molar-refractivity contribution is 6.31. The quantitative estimate of drug-likeness (QED) is 0.565. The lowest BCUT2D eigenvalue weighted by Crippen LogP contribution is -2.50. The minimum absolute atomic E-state index is 0.0284. The van der Waals surface area contributed by atoms with E-state index in [4.69, 9.17) is 35.9 Å². The molecule has 0 bridgehead atoms. The SMILES string of the molecule is COC(=O)C1=C(CN2CCOC[C@@H]2OC(=O)O)NC(c2nccn2C)=NC1c1ccc(F)cc1Cl. The third kappa shape index (κ3) is 5.29. The molecule has 13 heteroatoms. The second kappa shape index (κ2) is 10.4. The fraction of sp³-hybridized carbons (Fsp3) is 0.364. The van der Waals surface area contributed by atoms with Crippen molar-refractivity contribution in [2.24, 2.45) is 12.0 Å². The lowest BCUT2D eigenvalue weighted by Gasteiger charge is -2.36. The number of carboxylic acid groups (broad SMARTS) is 1. The summed E-state index contributed by atoms with van der Waals surface area (Å²) in [6, 6.07) is 2.88. The summed E-state index contributed by atoms with van der Waals surface area (Å²) in [7, 11) is 3.02. The van der Waals surface area contributed by atoms with Gasteiger partial charge in [-0.2, -0.15) is 0 Å². The molecule has 2 atom stereocenters. The largest absolute Gasteiger partial charge is 0.507 e. The Bertz CT molecular complexity index is 1200. The Morgan fingerprint density at radius 3 is 2.86 bits per heavy atom. The van der Waals surface area contributed by atoms with E-state index in [0.717, 1.165) is 6.07 Å². The number of morpholine rings is 1. The van der Waals surface area contributed by atoms with E-state index in [-0.39, 0.29) is 23.7 Å². The number of carbonyl (C=O) groups excluding carboxylic acids is 1. The van der Waals surface area contributed by atoms with E-state index in [1.165, 1.54) is 19.2 Å². The molecule has 4 rings (SSSR count). The average Bonchev–Trinajstić information content (AvgIpc) is 3.25. The van der Waals surface area contributed by atoms with Gasteiger partial charge < -0.3 is 29.2 Å². The second-order valence-electron chi connectivity index (χ2n) is 7.80. The molecule has 1 saturated heterocycles. The van der Waals surface area contributed by atoms with Crippen molar-refractivity contribution in [1.82, 2.24) is 19.8 Å². The van der Waals surface area contributed by atoms with Crippen molar-refractivity contribution >= 4 is 29.6 Å². The van der Waals surface area contributed by atoms with Crippen molar-refractivity contribution < 1.29 is 33.3 Å². The van der Waals surface area contributed by atoms with E-state index < -0.39 is 30.2 Å². The first-order chi connectivity index (χ1) is 16.8. The van der Waals surface area contributed by atoms with Crippen LogP contribution in [0.5, 0.6) is 0 Å². The van der Waals surface area contributed by atoms with Crippen LogP contribution in [0.15, 0.2) is 46.9 Å². The lowest BCUT2D eigenvalue weighted by molar-refractivity contribution is -0.136. The summed E-state index contributed by atoms with van der Waals surface area (Å²) in [5, 5.41) is 12.4. The maximum atomic E-state index is 13.8. The fourth-order valence-corrected chi connectivity index (χ4v) is 4.22. The molecule has 1 unspecified atom stereocenters. The zero-order valence-corrected chi connectivity index (χ0v) is 19.7. The second-order valence-corrected chi connectivity index (χ2v) is 8.21. The maximum absolute atomic E-state index is 13.8. The third-order valence-electron chi connectivity index (χ3n) is 5.61. The van der Waals surface area contributed by atoms with Crippen molar-refractivity contribution in [2.75, 3.05) is 33.4 Å². The average molecular weight is 508 g/mol. The minimum atomic E-state index is -1.45. The van der Waals surface area contributed by atoms with Crippen LogP contribution < -0.4 is 5.32 Å². The van der Waals surface area contributed by atoms with E-state index in [1.807, 2.05) is 0 Å². The molecule has 2 N–H and O–H groups in total. The molecule has 2 aliphatic heterocycles. The van der Waals surface area contributed by atoms with Crippen LogP contribution in [0.25, 0.3) is 0 Å². The highest BCUT2D eigenvalue weighted by atomic mass is 35.5. The summed E-state index contributed by atoms with van der Waals surface area (Å²) in [4.78, 5) is 34.9. The molecular formula is C22H23ClFN5O6. The molecule has 0 aliphatic carbocycles. The molecule has 1 aromatic heterocycles. The molecule has 0 amide bonds. The Balaban J connectivity index is 1.82. The van der Waals surface area contributed by atoms with Gasteiger partial charge >= 0.3 is 12.1 Å². The maximum Gasteiger partial charge on any atom is 0.507 e. The van der Waals surface area contributed by atoms with E-state index >= 15 is 0 Å². The van der Waals surface area contributed by atoms with Gasteiger partial charge in [-0.3, -0.25) is 9.89 Å². The van der Waals surface area contributed by atoms with Crippen molar-refractivity contribution in [3.63, 3.8) is 0 Å². The van der Waals surface area contributed by atoms with Gasteiger partial charge in [-0.1, -0.05) is 17.7 Å². The van der Waals surface area contributed by atoms with Gasteiger partial charge in [0.05, 0.1) is 25.9 Å². The number of nitrogens with zero attached hydrogens (tertiary/aromatic N) is 4.